The van der Waals surface area contributed by atoms with Gasteiger partial charge in [0, 0.05) is 30.0 Å². The minimum Gasteiger partial charge on any atom is -0.371 e. The first-order chi connectivity index (χ1) is 9.74. The highest BCUT2D eigenvalue weighted by atomic mass is 32.1. The van der Waals surface area contributed by atoms with Crippen molar-refractivity contribution in [2.45, 2.75) is 6.04 Å². The molecule has 3 nitrogen and oxygen atoms in total. The summed E-state index contributed by atoms with van der Waals surface area (Å²) >= 11 is 1.67. The number of hydrogen-bond donors (Lipinski definition) is 1. The molecule has 0 radical (unpaired) electrons. The molecule has 0 amide bonds. The lowest BCUT2D eigenvalue weighted by Crippen LogP contribution is -2.15. The van der Waals surface area contributed by atoms with Crippen LogP contribution in [0.25, 0.3) is 0 Å². The molecule has 0 aliphatic rings. The number of anilines is 1. The summed E-state index contributed by atoms with van der Waals surface area (Å²) in [4.78, 5) is 5.59. The Kier molecular flexibility index (Phi) is 3.52. The Hall–Kier alpha value is -2.14. The lowest BCUT2D eigenvalue weighted by Gasteiger charge is -2.18. The first-order valence-electron chi connectivity index (χ1n) is 6.27. The second-order valence-electron chi connectivity index (χ2n) is 4.50. The summed E-state index contributed by atoms with van der Waals surface area (Å²) < 4.78 is 15.0. The first kappa shape index (κ1) is 12.9. The zero-order valence-electron chi connectivity index (χ0n) is 11.0. The molecule has 0 saturated heterocycles. The predicted molar refractivity (Wildman–Crippen MR) is 79.4 cm³/mol. The van der Waals surface area contributed by atoms with Crippen molar-refractivity contribution in [1.29, 1.82) is 0 Å². The normalized spacial score (nSPS) is 12.3. The number of thiophene rings is 1. The Bertz CT molecular complexity index is 673. The van der Waals surface area contributed by atoms with Gasteiger partial charge < -0.3 is 9.88 Å². The molecule has 3 aromatic rings. The molecule has 1 atom stereocenters. The minimum atomic E-state index is -0.236. The molecule has 1 unspecified atom stereocenters. The summed E-state index contributed by atoms with van der Waals surface area (Å²) in [5, 5.41) is 5.45. The van der Waals surface area contributed by atoms with E-state index in [0.717, 1.165) is 11.5 Å². The number of aromatic nitrogens is 2. The predicted octanol–water partition coefficient (Wildman–Crippen LogP) is 3.82. The Labute approximate surface area is 120 Å². The summed E-state index contributed by atoms with van der Waals surface area (Å²) in [5.41, 5.74) is 0.868. The molecule has 1 N–H and O–H groups in total. The molecule has 1 aromatic carbocycles. The molecule has 2 heterocycles. The highest BCUT2D eigenvalue weighted by Crippen LogP contribution is 2.28. The van der Waals surface area contributed by atoms with E-state index in [1.807, 2.05) is 29.3 Å². The molecule has 2 aromatic heterocycles. The van der Waals surface area contributed by atoms with Crippen LogP contribution in [0.15, 0.2) is 54.2 Å². The zero-order chi connectivity index (χ0) is 13.9. The van der Waals surface area contributed by atoms with Gasteiger partial charge >= 0.3 is 0 Å². The molecule has 3 rings (SSSR count). The molecule has 0 bridgehead atoms. The molecule has 0 fully saturated rings. The third kappa shape index (κ3) is 2.58. The third-order valence-corrected chi connectivity index (χ3v) is 4.04. The summed E-state index contributed by atoms with van der Waals surface area (Å²) in [6, 6.07) is 10.4. The fourth-order valence-corrected chi connectivity index (χ4v) is 2.86. The summed E-state index contributed by atoms with van der Waals surface area (Å²) in [7, 11) is 1.97. The van der Waals surface area contributed by atoms with Gasteiger partial charge in [-0.3, -0.25) is 0 Å². The third-order valence-electron chi connectivity index (χ3n) is 3.10. The summed E-state index contributed by atoms with van der Waals surface area (Å²) in [5.74, 6) is 0.692. The first-order valence-corrected chi connectivity index (χ1v) is 7.15. The van der Waals surface area contributed by atoms with Crippen molar-refractivity contribution in [3.8, 4) is 0 Å². The van der Waals surface area contributed by atoms with Crippen molar-refractivity contribution in [3.05, 3.63) is 70.7 Å². The van der Waals surface area contributed by atoms with Crippen molar-refractivity contribution in [2.24, 2.45) is 7.05 Å². The van der Waals surface area contributed by atoms with Crippen LogP contribution in [0.1, 0.15) is 16.7 Å². The van der Waals surface area contributed by atoms with Gasteiger partial charge in [0.05, 0.1) is 0 Å². The quantitative estimate of drug-likeness (QED) is 0.790. The molecule has 102 valence electrons. The van der Waals surface area contributed by atoms with E-state index in [-0.39, 0.29) is 11.9 Å². The minimum absolute atomic E-state index is 0.0412. The molecule has 5 heteroatoms. The van der Waals surface area contributed by atoms with Gasteiger partial charge in [0.1, 0.15) is 17.7 Å². The highest BCUT2D eigenvalue weighted by Gasteiger charge is 2.19. The van der Waals surface area contributed by atoms with Crippen molar-refractivity contribution in [2.75, 3.05) is 5.32 Å². The van der Waals surface area contributed by atoms with Gasteiger partial charge in [-0.05, 0) is 35.7 Å². The summed E-state index contributed by atoms with van der Waals surface area (Å²) in [6.07, 6.45) is 3.70. The maximum absolute atomic E-state index is 13.0. The van der Waals surface area contributed by atoms with Gasteiger partial charge in [0.2, 0.25) is 0 Å². The van der Waals surface area contributed by atoms with Crippen molar-refractivity contribution in [3.63, 3.8) is 0 Å². The van der Waals surface area contributed by atoms with Gasteiger partial charge in [-0.15, -0.1) is 11.3 Å². The number of benzene rings is 1. The molecule has 0 aliphatic carbocycles. The van der Waals surface area contributed by atoms with E-state index in [9.17, 15) is 4.39 Å². The second-order valence-corrected chi connectivity index (χ2v) is 5.48. The Morgan fingerprint density at radius 3 is 2.65 bits per heavy atom. The van der Waals surface area contributed by atoms with Gasteiger partial charge in [-0.25, -0.2) is 9.37 Å². The van der Waals surface area contributed by atoms with E-state index in [0.29, 0.717) is 0 Å². The number of halogens is 1. The molecular weight excluding hydrogens is 273 g/mol. The van der Waals surface area contributed by atoms with Crippen LogP contribution in [0.3, 0.4) is 0 Å². The lowest BCUT2D eigenvalue weighted by molar-refractivity contribution is 0.628. The highest BCUT2D eigenvalue weighted by molar-refractivity contribution is 7.10. The maximum atomic E-state index is 13.0. The topological polar surface area (TPSA) is 29.9 Å². The number of hydrogen-bond acceptors (Lipinski definition) is 3. The standard InChI is InChI=1S/C15H14FN3S/c1-19-9-8-17-15(19)14(13-3-2-10-20-13)18-12-6-4-11(16)5-7-12/h2-10,14,18H,1H3. The number of nitrogens with one attached hydrogen (secondary N) is 1. The van der Waals surface area contributed by atoms with Crippen LogP contribution in [0, 0.1) is 5.82 Å². The Balaban J connectivity index is 1.94. The fraction of sp³-hybridized carbons (Fsp3) is 0.133. The van der Waals surface area contributed by atoms with Crippen molar-refractivity contribution < 1.29 is 4.39 Å². The molecule has 0 spiro atoms. The van der Waals surface area contributed by atoms with E-state index in [1.54, 1.807) is 29.7 Å². The number of imidazole rings is 1. The second kappa shape index (κ2) is 5.46. The van der Waals surface area contributed by atoms with Crippen molar-refractivity contribution in [1.82, 2.24) is 9.55 Å². The van der Waals surface area contributed by atoms with Crippen molar-refractivity contribution >= 4 is 17.0 Å². The van der Waals surface area contributed by atoms with Crippen LogP contribution in [0.4, 0.5) is 10.1 Å². The van der Waals surface area contributed by atoms with E-state index in [1.165, 1.54) is 17.0 Å². The van der Waals surface area contributed by atoms with Gasteiger partial charge in [0.25, 0.3) is 0 Å². The van der Waals surface area contributed by atoms with E-state index in [4.69, 9.17) is 0 Å². The Morgan fingerprint density at radius 1 is 1.25 bits per heavy atom. The number of aryl methyl sites for hydroxylation is 1. The molecular formula is C15H14FN3S. The fourth-order valence-electron chi connectivity index (χ4n) is 2.09. The Morgan fingerprint density at radius 2 is 2.05 bits per heavy atom. The van der Waals surface area contributed by atoms with Gasteiger partial charge in [-0.2, -0.15) is 0 Å². The van der Waals surface area contributed by atoms with E-state index in [2.05, 4.69) is 16.4 Å². The molecule has 0 saturated carbocycles. The molecule has 20 heavy (non-hydrogen) atoms. The van der Waals surface area contributed by atoms with Crippen LogP contribution >= 0.6 is 11.3 Å². The van der Waals surface area contributed by atoms with Crippen LogP contribution in [-0.2, 0) is 7.05 Å². The SMILES string of the molecule is Cn1ccnc1C(Nc1ccc(F)cc1)c1cccs1. The smallest absolute Gasteiger partial charge is 0.136 e. The van der Waals surface area contributed by atoms with Gasteiger partial charge in [-0.1, -0.05) is 6.07 Å². The summed E-state index contributed by atoms with van der Waals surface area (Å²) in [6.45, 7) is 0. The van der Waals surface area contributed by atoms with Crippen LogP contribution in [0.2, 0.25) is 0 Å². The lowest BCUT2D eigenvalue weighted by atomic mass is 10.2. The van der Waals surface area contributed by atoms with Crippen LogP contribution in [-0.4, -0.2) is 9.55 Å². The zero-order valence-corrected chi connectivity index (χ0v) is 11.8. The number of rotatable bonds is 4. The average Bonchev–Trinajstić information content (AvgIpc) is 3.10. The average molecular weight is 287 g/mol. The largest absolute Gasteiger partial charge is 0.371 e. The van der Waals surface area contributed by atoms with E-state index < -0.39 is 0 Å². The number of nitrogens with zero attached hydrogens (tertiary/aromatic N) is 2. The van der Waals surface area contributed by atoms with Crippen LogP contribution < -0.4 is 5.32 Å². The monoisotopic (exact) mass is 287 g/mol. The van der Waals surface area contributed by atoms with Crippen LogP contribution in [0.5, 0.6) is 0 Å². The van der Waals surface area contributed by atoms with E-state index >= 15 is 0 Å². The van der Waals surface area contributed by atoms with Gasteiger partial charge in [0.15, 0.2) is 0 Å². The maximum Gasteiger partial charge on any atom is 0.136 e. The molecule has 0 aliphatic heterocycles.